The largest absolute Gasteiger partial charge is 0.493 e. The molecule has 0 atom stereocenters. The fraction of sp³-hybridized carbons (Fsp3) is 0.167. The number of hydrogen-bond acceptors (Lipinski definition) is 5. The molecular formula is C18H16N2O4. The number of rotatable bonds is 4. The van der Waals surface area contributed by atoms with E-state index in [1.54, 1.807) is 36.4 Å². The number of methoxy groups -OCH3 is 1. The van der Waals surface area contributed by atoms with Crippen LogP contribution in [0.3, 0.4) is 0 Å². The summed E-state index contributed by atoms with van der Waals surface area (Å²) < 4.78 is 11.7. The van der Waals surface area contributed by atoms with Crippen molar-refractivity contribution in [1.29, 1.82) is 0 Å². The molecule has 0 fully saturated rings. The average Bonchev–Trinajstić information content (AvgIpc) is 2.59. The first kappa shape index (κ1) is 15.7. The van der Waals surface area contributed by atoms with Gasteiger partial charge in [-0.3, -0.25) is 9.36 Å². The van der Waals surface area contributed by atoms with Gasteiger partial charge in [0, 0.05) is 0 Å². The van der Waals surface area contributed by atoms with Crippen molar-refractivity contribution < 1.29 is 14.3 Å². The normalized spacial score (nSPS) is 10.6. The summed E-state index contributed by atoms with van der Waals surface area (Å²) in [5.41, 5.74) is 1.29. The van der Waals surface area contributed by atoms with Crippen LogP contribution >= 0.6 is 0 Å². The molecule has 6 heteroatoms. The lowest BCUT2D eigenvalue weighted by molar-refractivity contribution is -0.135. The van der Waals surface area contributed by atoms with Crippen molar-refractivity contribution in [2.75, 3.05) is 7.11 Å². The summed E-state index contributed by atoms with van der Waals surface area (Å²) in [7, 11) is 1.50. The van der Waals surface area contributed by atoms with Crippen molar-refractivity contribution in [2.45, 2.75) is 13.5 Å². The highest BCUT2D eigenvalue weighted by molar-refractivity contribution is 5.78. The summed E-state index contributed by atoms with van der Waals surface area (Å²) in [5.74, 6) is 0.207. The average molecular weight is 324 g/mol. The van der Waals surface area contributed by atoms with Gasteiger partial charge in [-0.05, 0) is 36.8 Å². The highest BCUT2D eigenvalue weighted by Crippen LogP contribution is 2.27. The Kier molecular flexibility index (Phi) is 4.29. The number of benzene rings is 2. The second-order valence-electron chi connectivity index (χ2n) is 5.32. The molecule has 0 amide bonds. The number of para-hydroxylation sites is 1. The van der Waals surface area contributed by atoms with Gasteiger partial charge in [0.25, 0.3) is 5.56 Å². The molecule has 2 aromatic carbocycles. The minimum Gasteiger partial charge on any atom is -0.493 e. The molecular weight excluding hydrogens is 308 g/mol. The molecule has 0 bridgehead atoms. The van der Waals surface area contributed by atoms with Gasteiger partial charge in [-0.2, -0.15) is 0 Å². The van der Waals surface area contributed by atoms with Crippen molar-refractivity contribution in [3.63, 3.8) is 0 Å². The molecule has 1 aromatic heterocycles. The van der Waals surface area contributed by atoms with E-state index in [1.807, 2.05) is 13.0 Å². The number of hydrogen-bond donors (Lipinski definition) is 0. The Balaban J connectivity index is 1.83. The van der Waals surface area contributed by atoms with Crippen molar-refractivity contribution in [2.24, 2.45) is 0 Å². The number of aromatic nitrogens is 2. The molecule has 1 heterocycles. The molecule has 0 saturated heterocycles. The Morgan fingerprint density at radius 3 is 2.75 bits per heavy atom. The molecule has 0 N–H and O–H groups in total. The number of fused-ring (bicyclic) bond motifs is 1. The van der Waals surface area contributed by atoms with Crippen LogP contribution in [0, 0.1) is 6.92 Å². The van der Waals surface area contributed by atoms with Gasteiger partial charge in [0.05, 0.1) is 24.3 Å². The highest BCUT2D eigenvalue weighted by Gasteiger charge is 2.13. The lowest BCUT2D eigenvalue weighted by Crippen LogP contribution is -2.27. The molecule has 3 rings (SSSR count). The molecule has 122 valence electrons. The summed E-state index contributed by atoms with van der Waals surface area (Å²) >= 11 is 0. The first-order chi connectivity index (χ1) is 11.6. The van der Waals surface area contributed by atoms with E-state index in [4.69, 9.17) is 9.47 Å². The van der Waals surface area contributed by atoms with Gasteiger partial charge in [0.2, 0.25) is 0 Å². The van der Waals surface area contributed by atoms with Gasteiger partial charge in [-0.15, -0.1) is 0 Å². The summed E-state index contributed by atoms with van der Waals surface area (Å²) in [6.45, 7) is 1.68. The first-order valence-corrected chi connectivity index (χ1v) is 7.38. The smallest absolute Gasteiger partial charge is 0.331 e. The van der Waals surface area contributed by atoms with Gasteiger partial charge < -0.3 is 9.47 Å². The Morgan fingerprint density at radius 1 is 1.17 bits per heavy atom. The Morgan fingerprint density at radius 2 is 1.96 bits per heavy atom. The minimum absolute atomic E-state index is 0.228. The second kappa shape index (κ2) is 6.54. The van der Waals surface area contributed by atoms with Gasteiger partial charge in [-0.1, -0.05) is 18.2 Å². The van der Waals surface area contributed by atoms with E-state index in [-0.39, 0.29) is 12.1 Å². The molecule has 0 radical (unpaired) electrons. The van der Waals surface area contributed by atoms with Crippen LogP contribution in [-0.4, -0.2) is 22.6 Å². The highest BCUT2D eigenvalue weighted by atomic mass is 16.6. The zero-order chi connectivity index (χ0) is 17.1. The van der Waals surface area contributed by atoms with E-state index in [9.17, 15) is 9.59 Å². The summed E-state index contributed by atoms with van der Waals surface area (Å²) in [6.07, 6.45) is 1.35. The summed E-state index contributed by atoms with van der Waals surface area (Å²) in [4.78, 5) is 28.7. The first-order valence-electron chi connectivity index (χ1n) is 7.38. The quantitative estimate of drug-likeness (QED) is 0.544. The molecule has 0 aliphatic carbocycles. The van der Waals surface area contributed by atoms with Crippen LogP contribution in [0.5, 0.6) is 11.5 Å². The van der Waals surface area contributed by atoms with Crippen LogP contribution in [0.25, 0.3) is 10.9 Å². The lowest BCUT2D eigenvalue weighted by atomic mass is 10.2. The zero-order valence-electron chi connectivity index (χ0n) is 13.4. The molecule has 0 spiro atoms. The topological polar surface area (TPSA) is 70.4 Å². The maximum Gasteiger partial charge on any atom is 0.331 e. The number of carbonyl (C=O) groups excluding carboxylic acids is 1. The van der Waals surface area contributed by atoms with Gasteiger partial charge in [0.15, 0.2) is 11.5 Å². The fourth-order valence-corrected chi connectivity index (χ4v) is 2.37. The van der Waals surface area contributed by atoms with E-state index >= 15 is 0 Å². The maximum atomic E-state index is 12.4. The van der Waals surface area contributed by atoms with Crippen LogP contribution in [0.1, 0.15) is 5.56 Å². The standard InChI is InChI=1S/C18H16N2O4/c1-12-7-8-15(16(9-12)23-2)24-17(21)10-20-11-19-14-6-4-3-5-13(14)18(20)22/h3-9,11H,10H2,1-2H3. The van der Waals surface area contributed by atoms with E-state index in [0.29, 0.717) is 22.4 Å². The van der Waals surface area contributed by atoms with Crippen LogP contribution < -0.4 is 15.0 Å². The van der Waals surface area contributed by atoms with Crippen LogP contribution in [0.4, 0.5) is 0 Å². The van der Waals surface area contributed by atoms with E-state index in [2.05, 4.69) is 4.98 Å². The molecule has 24 heavy (non-hydrogen) atoms. The monoisotopic (exact) mass is 324 g/mol. The van der Waals surface area contributed by atoms with Crippen LogP contribution in [0.15, 0.2) is 53.6 Å². The third kappa shape index (κ3) is 3.12. The molecule has 0 aliphatic heterocycles. The van der Waals surface area contributed by atoms with Crippen LogP contribution in [0.2, 0.25) is 0 Å². The lowest BCUT2D eigenvalue weighted by Gasteiger charge is -2.10. The number of nitrogens with zero attached hydrogens (tertiary/aromatic N) is 2. The number of aryl methyl sites for hydroxylation is 1. The molecule has 0 unspecified atom stereocenters. The summed E-state index contributed by atoms with van der Waals surface area (Å²) in [6, 6.07) is 12.2. The zero-order valence-corrected chi connectivity index (χ0v) is 13.4. The van der Waals surface area contributed by atoms with E-state index in [0.717, 1.165) is 5.56 Å². The maximum absolute atomic E-state index is 12.4. The van der Waals surface area contributed by atoms with Gasteiger partial charge in [-0.25, -0.2) is 9.78 Å². The Labute approximate surface area is 138 Å². The second-order valence-corrected chi connectivity index (χ2v) is 5.32. The minimum atomic E-state index is -0.573. The van der Waals surface area contributed by atoms with Gasteiger partial charge >= 0.3 is 5.97 Å². The third-order valence-electron chi connectivity index (χ3n) is 3.57. The molecule has 3 aromatic rings. The van der Waals surface area contributed by atoms with E-state index < -0.39 is 5.97 Å². The van der Waals surface area contributed by atoms with Crippen molar-refractivity contribution in [1.82, 2.24) is 9.55 Å². The van der Waals surface area contributed by atoms with Crippen molar-refractivity contribution in [3.8, 4) is 11.5 Å². The number of carbonyl (C=O) groups is 1. The molecule has 0 aliphatic rings. The van der Waals surface area contributed by atoms with Crippen molar-refractivity contribution >= 4 is 16.9 Å². The predicted molar refractivity (Wildman–Crippen MR) is 89.4 cm³/mol. The van der Waals surface area contributed by atoms with Crippen LogP contribution in [-0.2, 0) is 11.3 Å². The summed E-state index contributed by atoms with van der Waals surface area (Å²) in [5, 5.41) is 0.459. The Bertz CT molecular complexity index is 963. The van der Waals surface area contributed by atoms with Gasteiger partial charge in [0.1, 0.15) is 6.54 Å². The predicted octanol–water partition coefficient (Wildman–Crippen LogP) is 2.32. The number of esters is 1. The fourth-order valence-electron chi connectivity index (χ4n) is 2.37. The molecule has 0 saturated carbocycles. The SMILES string of the molecule is COc1cc(C)ccc1OC(=O)Cn1cnc2ccccc2c1=O. The van der Waals surface area contributed by atoms with E-state index in [1.165, 1.54) is 18.0 Å². The third-order valence-corrected chi connectivity index (χ3v) is 3.57. The Hall–Kier alpha value is -3.15. The molecule has 6 nitrogen and oxygen atoms in total. The number of ether oxygens (including phenoxy) is 2. The van der Waals surface area contributed by atoms with Crippen molar-refractivity contribution in [3.05, 3.63) is 64.7 Å².